The molecule has 5 aliphatic rings. The van der Waals surface area contributed by atoms with Gasteiger partial charge in [-0.1, -0.05) is 24.3 Å². The third kappa shape index (κ3) is 7.94. The molecule has 0 radical (unpaired) electrons. The van der Waals surface area contributed by atoms with Crippen LogP contribution in [-0.4, -0.2) is 112 Å². The average molecular weight is 867 g/mol. The van der Waals surface area contributed by atoms with E-state index in [1.807, 2.05) is 91.0 Å². The van der Waals surface area contributed by atoms with Gasteiger partial charge in [-0.3, -0.25) is 29.2 Å². The van der Waals surface area contributed by atoms with Crippen molar-refractivity contribution >= 4 is 40.1 Å². The number of hydrogen-bond donors (Lipinski definition) is 1. The molecule has 3 atom stereocenters. The number of carbonyl (C=O) groups is 3. The van der Waals surface area contributed by atoms with E-state index < -0.39 is 17.6 Å². The van der Waals surface area contributed by atoms with Crippen molar-refractivity contribution < 1.29 is 38.4 Å². The molecule has 0 aliphatic carbocycles. The fourth-order valence-electron chi connectivity index (χ4n) is 9.79. The minimum Gasteiger partial charge on any atom is -0.508 e. The van der Waals surface area contributed by atoms with E-state index in [0.29, 0.717) is 79.0 Å². The summed E-state index contributed by atoms with van der Waals surface area (Å²) in [5.74, 6) is -0.255. The summed E-state index contributed by atoms with van der Waals surface area (Å²) >= 11 is 0. The van der Waals surface area contributed by atoms with Gasteiger partial charge in [0.15, 0.2) is 11.5 Å². The van der Waals surface area contributed by atoms with Crippen LogP contribution in [-0.2, 0) is 39.1 Å². The predicted octanol–water partition coefficient (Wildman–Crippen LogP) is 6.70. The molecule has 5 aromatic rings. The number of anilines is 2. The average Bonchev–Trinajstić information content (AvgIpc) is 4.02. The first-order valence-corrected chi connectivity index (χ1v) is 22.2. The first-order chi connectivity index (χ1) is 30.9. The number of ether oxygens (including phenoxy) is 4. The summed E-state index contributed by atoms with van der Waals surface area (Å²) in [5.41, 5.74) is 5.31. The zero-order chi connectivity index (χ0) is 44.3. The van der Waals surface area contributed by atoms with Gasteiger partial charge in [-0.05, 0) is 117 Å². The largest absolute Gasteiger partial charge is 0.508 e. The molecule has 2 saturated heterocycles. The number of phenols is 1. The van der Waals surface area contributed by atoms with Crippen molar-refractivity contribution in [2.24, 2.45) is 13.0 Å². The van der Waals surface area contributed by atoms with Crippen LogP contribution in [0.15, 0.2) is 103 Å². The second kappa shape index (κ2) is 16.6. The summed E-state index contributed by atoms with van der Waals surface area (Å²) in [6.07, 6.45) is 5.08. The summed E-state index contributed by atoms with van der Waals surface area (Å²) in [4.78, 5) is 50.9. The van der Waals surface area contributed by atoms with Crippen LogP contribution < -0.4 is 14.4 Å². The van der Waals surface area contributed by atoms with E-state index in [2.05, 4.69) is 28.1 Å². The molecule has 0 bridgehead atoms. The second-order valence-electron chi connectivity index (χ2n) is 18.4. The van der Waals surface area contributed by atoms with Crippen molar-refractivity contribution in [1.29, 1.82) is 0 Å². The number of hydrogen-bond acceptors (Lipinski definition) is 11. The van der Waals surface area contributed by atoms with Gasteiger partial charge in [0.1, 0.15) is 17.0 Å². The number of morpholine rings is 1. The summed E-state index contributed by atoms with van der Waals surface area (Å²) in [7, 11) is 1.98. The van der Waals surface area contributed by atoms with Crippen LogP contribution >= 0.6 is 0 Å². The number of carbonyl (C=O) groups excluding carboxylic acids is 3. The lowest BCUT2D eigenvalue weighted by Gasteiger charge is -2.43. The molecule has 2 unspecified atom stereocenters. The highest BCUT2D eigenvalue weighted by Gasteiger charge is 2.46. The van der Waals surface area contributed by atoms with Crippen molar-refractivity contribution in [3.8, 4) is 17.2 Å². The highest BCUT2D eigenvalue weighted by Crippen LogP contribution is 2.46. The molecule has 0 spiro atoms. The Labute approximate surface area is 372 Å². The lowest BCUT2D eigenvalue weighted by Crippen LogP contribution is -2.52. The smallest absolute Gasteiger partial charge is 0.311 e. The number of aromatic hydroxyl groups is 1. The second-order valence-corrected chi connectivity index (χ2v) is 18.4. The molecule has 10 rings (SSSR count). The third-order valence-electron chi connectivity index (χ3n) is 13.0. The van der Waals surface area contributed by atoms with Gasteiger partial charge in [0.2, 0.25) is 6.79 Å². The molecule has 5 aliphatic heterocycles. The van der Waals surface area contributed by atoms with Gasteiger partial charge in [0.05, 0.1) is 30.9 Å². The van der Waals surface area contributed by atoms with Crippen molar-refractivity contribution in [2.75, 3.05) is 57.6 Å². The number of benzene rings is 4. The Morgan fingerprint density at radius 1 is 0.875 bits per heavy atom. The van der Waals surface area contributed by atoms with Crippen LogP contribution in [0.5, 0.6) is 17.2 Å². The number of phenolic OH excluding ortho intramolecular Hbond substituents is 1. The van der Waals surface area contributed by atoms with Gasteiger partial charge in [0, 0.05) is 80.7 Å². The summed E-state index contributed by atoms with van der Waals surface area (Å²) in [6, 6.07) is 25.8. The zero-order valence-electron chi connectivity index (χ0n) is 36.7. The Hall–Kier alpha value is -6.35. The minimum atomic E-state index is -0.696. The van der Waals surface area contributed by atoms with Gasteiger partial charge in [-0.15, -0.1) is 0 Å². The van der Waals surface area contributed by atoms with E-state index in [0.717, 1.165) is 36.0 Å². The van der Waals surface area contributed by atoms with Gasteiger partial charge in [-0.2, -0.15) is 0 Å². The number of nitrogens with zero attached hydrogens (tertiary/aromatic N) is 6. The number of amides is 2. The maximum atomic E-state index is 15.6. The quantitative estimate of drug-likeness (QED) is 0.168. The van der Waals surface area contributed by atoms with Crippen LogP contribution in [0.2, 0.25) is 0 Å². The molecule has 64 heavy (non-hydrogen) atoms. The highest BCUT2D eigenvalue weighted by molar-refractivity contribution is 6.11. The summed E-state index contributed by atoms with van der Waals surface area (Å²) in [6.45, 7) is 10.2. The van der Waals surface area contributed by atoms with E-state index in [9.17, 15) is 9.90 Å². The molecule has 1 aromatic heterocycles. The standard InChI is InChI=1S/C50H54N6O8/c1-50(2,3)64-49(60)35-16-18-54-43(27-44(55(54)29-35)48(59)56(36-9-12-39(57)13-10-36)37-11-14-42-33(24-37)15-17-51(42)4)40-25-45-46(63-31-62-45)26-41(40)47(58)53-28-34-8-6-5-7-32(34)23-38(53)30-52-19-21-61-22-20-52/h5-15,17,24-27,35,38,43,57H,16,18-23,28-31H2,1-4H3/t35?,38-,43?/m0/s1. The number of aromatic nitrogens is 1. The maximum absolute atomic E-state index is 15.6. The normalized spacial score (nSPS) is 21.1. The van der Waals surface area contributed by atoms with E-state index in [-0.39, 0.29) is 42.9 Å². The highest BCUT2D eigenvalue weighted by atomic mass is 16.7. The van der Waals surface area contributed by atoms with Gasteiger partial charge >= 0.3 is 5.97 Å². The van der Waals surface area contributed by atoms with Crippen LogP contribution in [0.3, 0.4) is 0 Å². The maximum Gasteiger partial charge on any atom is 0.311 e. The Bertz CT molecular complexity index is 2650. The van der Waals surface area contributed by atoms with Crippen LogP contribution in [0, 0.1) is 5.92 Å². The molecule has 14 heteroatoms. The molecule has 1 N–H and O–H groups in total. The SMILES string of the molecule is Cn1ccc2cc(N(C(=O)C3=CC(c4cc5c(cc4C(=O)N4Cc6ccccc6C[C@H]4CN4CCOCC4)OCO5)N4CCC(C(=O)OC(C)(C)C)CN34)c3ccc(O)cc3)ccc21. The summed E-state index contributed by atoms with van der Waals surface area (Å²) in [5, 5.41) is 15.3. The number of hydrazine groups is 1. The molecule has 14 nitrogen and oxygen atoms in total. The van der Waals surface area contributed by atoms with E-state index in [1.165, 1.54) is 5.56 Å². The zero-order valence-corrected chi connectivity index (χ0v) is 36.7. The fourth-order valence-corrected chi connectivity index (χ4v) is 9.79. The molecule has 332 valence electrons. The van der Waals surface area contributed by atoms with Gasteiger partial charge < -0.3 is 33.5 Å². The molecular weight excluding hydrogens is 813 g/mol. The number of fused-ring (bicyclic) bond motifs is 4. The molecule has 2 fully saturated rings. The Kier molecular flexibility index (Phi) is 10.8. The predicted molar refractivity (Wildman–Crippen MR) is 240 cm³/mol. The van der Waals surface area contributed by atoms with Crippen molar-refractivity contribution in [2.45, 2.75) is 57.8 Å². The number of aryl methyl sites for hydroxylation is 1. The van der Waals surface area contributed by atoms with Crippen LogP contribution in [0.1, 0.15) is 60.3 Å². The lowest BCUT2D eigenvalue weighted by atomic mass is 9.91. The van der Waals surface area contributed by atoms with Crippen LogP contribution in [0.25, 0.3) is 10.9 Å². The number of rotatable bonds is 8. The molecule has 4 aromatic carbocycles. The van der Waals surface area contributed by atoms with Gasteiger partial charge in [-0.25, -0.2) is 5.01 Å². The molecule has 6 heterocycles. The minimum absolute atomic E-state index is 0.0220. The lowest BCUT2D eigenvalue weighted by molar-refractivity contribution is -0.166. The topological polar surface area (TPSA) is 129 Å². The summed E-state index contributed by atoms with van der Waals surface area (Å²) < 4.78 is 25.5. The monoisotopic (exact) mass is 866 g/mol. The molecular formula is C50H54N6O8. The number of esters is 1. The Balaban J connectivity index is 1.08. The van der Waals surface area contributed by atoms with Crippen molar-refractivity contribution in [3.63, 3.8) is 0 Å². The van der Waals surface area contributed by atoms with Crippen molar-refractivity contribution in [3.05, 3.63) is 125 Å². The Morgan fingerprint density at radius 3 is 2.38 bits per heavy atom. The Morgan fingerprint density at radius 2 is 1.61 bits per heavy atom. The van der Waals surface area contributed by atoms with Crippen molar-refractivity contribution in [1.82, 2.24) is 24.4 Å². The van der Waals surface area contributed by atoms with E-state index >= 15 is 9.59 Å². The van der Waals surface area contributed by atoms with E-state index in [1.54, 1.807) is 35.2 Å². The van der Waals surface area contributed by atoms with Gasteiger partial charge in [0.25, 0.3) is 11.8 Å². The molecule has 0 saturated carbocycles. The van der Waals surface area contributed by atoms with Crippen LogP contribution in [0.4, 0.5) is 11.4 Å². The fraction of sp³-hybridized carbons (Fsp3) is 0.380. The third-order valence-corrected chi connectivity index (χ3v) is 13.0. The first-order valence-electron chi connectivity index (χ1n) is 22.2. The van der Waals surface area contributed by atoms with E-state index in [4.69, 9.17) is 18.9 Å². The first kappa shape index (κ1) is 41.6. The molecule has 2 amide bonds.